The zero-order chi connectivity index (χ0) is 20.8. The van der Waals surface area contributed by atoms with Gasteiger partial charge in [-0.3, -0.25) is 9.69 Å². The first kappa shape index (κ1) is 20.7. The molecule has 0 saturated heterocycles. The highest BCUT2D eigenvalue weighted by molar-refractivity contribution is 7.17. The third kappa shape index (κ3) is 5.26. The fraction of sp³-hybridized carbons (Fsp3) is 0.350. The van der Waals surface area contributed by atoms with Crippen molar-refractivity contribution in [2.24, 2.45) is 0 Å². The molecule has 2 aromatic heterocycles. The Morgan fingerprint density at radius 2 is 1.93 bits per heavy atom. The van der Waals surface area contributed by atoms with E-state index in [0.717, 1.165) is 16.9 Å². The number of rotatable bonds is 8. The average Bonchev–Trinajstić information content (AvgIpc) is 3.30. The highest BCUT2D eigenvalue weighted by Crippen LogP contribution is 2.29. The van der Waals surface area contributed by atoms with Crippen LogP contribution in [0.2, 0.25) is 0 Å². The molecule has 0 saturated carbocycles. The number of esters is 1. The maximum Gasteiger partial charge on any atom is 0.350 e. The van der Waals surface area contributed by atoms with Gasteiger partial charge in [0.2, 0.25) is 11.8 Å². The number of thiazole rings is 1. The highest BCUT2D eigenvalue weighted by Gasteiger charge is 2.24. The lowest BCUT2D eigenvalue weighted by molar-refractivity contribution is -0.118. The van der Waals surface area contributed by atoms with E-state index in [1.54, 1.807) is 25.7 Å². The van der Waals surface area contributed by atoms with Crippen LogP contribution in [0.5, 0.6) is 0 Å². The topological polar surface area (TPSA) is 98.4 Å². The maximum atomic E-state index is 13.0. The molecule has 0 fully saturated rings. The fourth-order valence-corrected chi connectivity index (χ4v) is 3.68. The van der Waals surface area contributed by atoms with Crippen LogP contribution in [0.1, 0.15) is 46.0 Å². The fourth-order valence-electron chi connectivity index (χ4n) is 2.70. The van der Waals surface area contributed by atoms with Gasteiger partial charge in [-0.25, -0.2) is 9.78 Å². The SMILES string of the molecule is CCOC(=O)c1sc(N(Cc2ccccc2)C(=O)CCc2nc(C)no2)nc1C. The van der Waals surface area contributed by atoms with Crippen molar-refractivity contribution in [1.82, 2.24) is 15.1 Å². The second-order valence-corrected chi connectivity index (χ2v) is 7.31. The van der Waals surface area contributed by atoms with E-state index in [0.29, 0.717) is 40.4 Å². The summed E-state index contributed by atoms with van der Waals surface area (Å²) in [7, 11) is 0. The van der Waals surface area contributed by atoms with Crippen molar-refractivity contribution in [2.45, 2.75) is 40.2 Å². The van der Waals surface area contributed by atoms with Gasteiger partial charge in [-0.05, 0) is 26.3 Å². The van der Waals surface area contributed by atoms with Crippen LogP contribution in [0, 0.1) is 13.8 Å². The summed E-state index contributed by atoms with van der Waals surface area (Å²) in [6, 6.07) is 9.62. The van der Waals surface area contributed by atoms with Crippen molar-refractivity contribution in [2.75, 3.05) is 11.5 Å². The summed E-state index contributed by atoms with van der Waals surface area (Å²) in [5.41, 5.74) is 1.50. The number of aryl methyl sites for hydroxylation is 3. The molecule has 3 aromatic rings. The molecule has 0 aliphatic heterocycles. The van der Waals surface area contributed by atoms with Crippen molar-refractivity contribution < 1.29 is 18.8 Å². The number of amides is 1. The van der Waals surface area contributed by atoms with Gasteiger partial charge in [-0.1, -0.05) is 46.8 Å². The van der Waals surface area contributed by atoms with Gasteiger partial charge in [0.25, 0.3) is 0 Å². The van der Waals surface area contributed by atoms with Gasteiger partial charge in [0.05, 0.1) is 18.8 Å². The van der Waals surface area contributed by atoms with Crippen molar-refractivity contribution in [3.05, 3.63) is 58.2 Å². The first-order valence-corrected chi connectivity index (χ1v) is 10.1. The molecule has 0 bridgehead atoms. The number of carbonyl (C=O) groups is 2. The van der Waals surface area contributed by atoms with Gasteiger partial charge >= 0.3 is 5.97 Å². The van der Waals surface area contributed by atoms with Crippen LogP contribution in [0.4, 0.5) is 5.13 Å². The Kier molecular flexibility index (Phi) is 6.71. The summed E-state index contributed by atoms with van der Waals surface area (Å²) in [5, 5.41) is 4.20. The third-order valence-electron chi connectivity index (χ3n) is 4.08. The van der Waals surface area contributed by atoms with Gasteiger partial charge in [0.1, 0.15) is 4.88 Å². The van der Waals surface area contributed by atoms with Crippen molar-refractivity contribution in [3.63, 3.8) is 0 Å². The molecule has 2 heterocycles. The normalized spacial score (nSPS) is 10.7. The number of nitrogens with zero attached hydrogens (tertiary/aromatic N) is 4. The Hall–Kier alpha value is -3.07. The zero-order valence-corrected chi connectivity index (χ0v) is 17.4. The minimum absolute atomic E-state index is 0.145. The van der Waals surface area contributed by atoms with E-state index in [-0.39, 0.29) is 18.9 Å². The van der Waals surface area contributed by atoms with Crippen LogP contribution in [0.15, 0.2) is 34.9 Å². The second-order valence-electron chi connectivity index (χ2n) is 6.33. The van der Waals surface area contributed by atoms with Crippen molar-refractivity contribution >= 4 is 28.3 Å². The van der Waals surface area contributed by atoms with E-state index in [4.69, 9.17) is 9.26 Å². The summed E-state index contributed by atoms with van der Waals surface area (Å²) >= 11 is 1.16. The summed E-state index contributed by atoms with van der Waals surface area (Å²) in [6.45, 7) is 5.84. The van der Waals surface area contributed by atoms with E-state index < -0.39 is 5.97 Å². The Morgan fingerprint density at radius 1 is 1.17 bits per heavy atom. The van der Waals surface area contributed by atoms with Gasteiger partial charge in [0, 0.05) is 12.8 Å². The minimum Gasteiger partial charge on any atom is -0.462 e. The predicted molar refractivity (Wildman–Crippen MR) is 108 cm³/mol. The largest absolute Gasteiger partial charge is 0.462 e. The Balaban J connectivity index is 1.83. The molecular weight excluding hydrogens is 392 g/mol. The molecule has 8 nitrogen and oxygen atoms in total. The van der Waals surface area contributed by atoms with Crippen LogP contribution in [0.25, 0.3) is 0 Å². The van der Waals surface area contributed by atoms with E-state index in [1.807, 2.05) is 30.3 Å². The summed E-state index contributed by atoms with van der Waals surface area (Å²) in [5.74, 6) is 0.373. The standard InChI is InChI=1S/C20H22N4O4S/c1-4-27-19(26)18-13(2)21-20(29-18)24(12-15-8-6-5-7-9-15)17(25)11-10-16-22-14(3)23-28-16/h5-9H,4,10-12H2,1-3H3. The second kappa shape index (κ2) is 9.42. The Bertz CT molecular complexity index is 984. The number of hydrogen-bond acceptors (Lipinski definition) is 8. The Labute approximate surface area is 172 Å². The summed E-state index contributed by atoms with van der Waals surface area (Å²) in [4.78, 5) is 35.8. The van der Waals surface area contributed by atoms with Crippen LogP contribution >= 0.6 is 11.3 Å². The molecule has 152 valence electrons. The molecule has 0 spiro atoms. The number of aromatic nitrogens is 3. The van der Waals surface area contributed by atoms with Crippen molar-refractivity contribution in [1.29, 1.82) is 0 Å². The molecule has 1 aromatic carbocycles. The number of ether oxygens (including phenoxy) is 1. The molecule has 0 aliphatic rings. The summed E-state index contributed by atoms with van der Waals surface area (Å²) < 4.78 is 10.2. The molecule has 29 heavy (non-hydrogen) atoms. The molecule has 3 rings (SSSR count). The van der Waals surface area contributed by atoms with Crippen LogP contribution in [-0.4, -0.2) is 33.6 Å². The van der Waals surface area contributed by atoms with Crippen molar-refractivity contribution in [3.8, 4) is 0 Å². The molecule has 0 aliphatic carbocycles. The quantitative estimate of drug-likeness (QED) is 0.520. The smallest absolute Gasteiger partial charge is 0.350 e. The van der Waals surface area contributed by atoms with Crippen LogP contribution in [-0.2, 0) is 22.5 Å². The average molecular weight is 414 g/mol. The molecule has 0 N–H and O–H groups in total. The molecular formula is C20H22N4O4S. The highest BCUT2D eigenvalue weighted by atomic mass is 32.1. The molecule has 0 atom stereocenters. The maximum absolute atomic E-state index is 13.0. The first-order chi connectivity index (χ1) is 14.0. The number of carbonyl (C=O) groups excluding carboxylic acids is 2. The summed E-state index contributed by atoms with van der Waals surface area (Å²) in [6.07, 6.45) is 0.516. The molecule has 0 unspecified atom stereocenters. The number of anilines is 1. The monoisotopic (exact) mass is 414 g/mol. The van der Waals surface area contributed by atoms with Gasteiger partial charge < -0.3 is 9.26 Å². The Morgan fingerprint density at radius 3 is 2.59 bits per heavy atom. The number of benzene rings is 1. The zero-order valence-electron chi connectivity index (χ0n) is 16.5. The van der Waals surface area contributed by atoms with Gasteiger partial charge in [0.15, 0.2) is 11.0 Å². The van der Waals surface area contributed by atoms with E-state index in [2.05, 4.69) is 15.1 Å². The minimum atomic E-state index is -0.429. The van der Waals surface area contributed by atoms with Gasteiger partial charge in [-0.15, -0.1) is 0 Å². The lowest BCUT2D eigenvalue weighted by Crippen LogP contribution is -2.30. The molecule has 1 amide bonds. The number of hydrogen-bond donors (Lipinski definition) is 0. The van der Waals surface area contributed by atoms with Crippen LogP contribution in [0.3, 0.4) is 0 Å². The lowest BCUT2D eigenvalue weighted by atomic mass is 10.2. The lowest BCUT2D eigenvalue weighted by Gasteiger charge is -2.19. The van der Waals surface area contributed by atoms with Gasteiger partial charge in [-0.2, -0.15) is 4.98 Å². The molecule has 9 heteroatoms. The first-order valence-electron chi connectivity index (χ1n) is 9.26. The predicted octanol–water partition coefficient (Wildman–Crippen LogP) is 3.49. The van der Waals surface area contributed by atoms with Crippen LogP contribution < -0.4 is 4.90 Å². The van der Waals surface area contributed by atoms with E-state index >= 15 is 0 Å². The molecule has 0 radical (unpaired) electrons. The third-order valence-corrected chi connectivity index (χ3v) is 5.24. The van der Waals surface area contributed by atoms with E-state index in [1.165, 1.54) is 0 Å². The van der Waals surface area contributed by atoms with E-state index in [9.17, 15) is 9.59 Å².